The molecule has 0 aromatic heterocycles. The molecule has 0 bridgehead atoms. The third-order valence-corrected chi connectivity index (χ3v) is 3.55. The van der Waals surface area contributed by atoms with Crippen molar-refractivity contribution in [3.8, 4) is 0 Å². The molecule has 1 fully saturated rings. The first-order valence-electron chi connectivity index (χ1n) is 5.14. The summed E-state index contributed by atoms with van der Waals surface area (Å²) in [5.74, 6) is 0.805. The third kappa shape index (κ3) is 1.11. The molecule has 3 rings (SSSR count). The maximum atomic E-state index is 6.41. The van der Waals surface area contributed by atoms with Gasteiger partial charge in [-0.05, 0) is 42.7 Å². The average molecular weight is 173 g/mol. The Balaban J connectivity index is 1.96. The molecular formula is C12H15N. The van der Waals surface area contributed by atoms with E-state index in [1.54, 1.807) is 0 Å². The van der Waals surface area contributed by atoms with Gasteiger partial charge in [0.1, 0.15) is 0 Å². The normalized spacial score (nSPS) is 24.4. The van der Waals surface area contributed by atoms with Crippen LogP contribution in [0, 0.1) is 5.92 Å². The summed E-state index contributed by atoms with van der Waals surface area (Å²) in [6, 6.07) is 8.70. The highest BCUT2D eigenvalue weighted by Crippen LogP contribution is 2.45. The summed E-state index contributed by atoms with van der Waals surface area (Å²) in [6.07, 6.45) is 4.91. The Morgan fingerprint density at radius 3 is 2.08 bits per heavy atom. The fourth-order valence-electron chi connectivity index (χ4n) is 2.62. The second-order valence-electron chi connectivity index (χ2n) is 4.63. The molecule has 0 radical (unpaired) electrons. The quantitative estimate of drug-likeness (QED) is 0.689. The molecule has 0 spiro atoms. The van der Waals surface area contributed by atoms with E-state index in [2.05, 4.69) is 24.3 Å². The summed E-state index contributed by atoms with van der Waals surface area (Å²) in [7, 11) is 0. The summed E-state index contributed by atoms with van der Waals surface area (Å²) in [5.41, 5.74) is 9.50. The van der Waals surface area contributed by atoms with Crippen molar-refractivity contribution in [2.75, 3.05) is 0 Å². The van der Waals surface area contributed by atoms with Crippen molar-refractivity contribution in [1.29, 1.82) is 0 Å². The number of hydrogen-bond donors (Lipinski definition) is 1. The smallest absolute Gasteiger partial charge is 0.0264 e. The predicted octanol–water partition coefficient (Wildman–Crippen LogP) is 1.89. The Hall–Kier alpha value is -0.820. The fraction of sp³-hybridized carbons (Fsp3) is 0.500. The van der Waals surface area contributed by atoms with Crippen molar-refractivity contribution in [3.05, 3.63) is 35.4 Å². The lowest BCUT2D eigenvalue weighted by atomic mass is 9.91. The van der Waals surface area contributed by atoms with Crippen LogP contribution in [0.1, 0.15) is 24.0 Å². The van der Waals surface area contributed by atoms with E-state index in [9.17, 15) is 0 Å². The molecule has 1 nitrogen and oxygen atoms in total. The van der Waals surface area contributed by atoms with E-state index in [0.717, 1.165) is 18.8 Å². The van der Waals surface area contributed by atoms with Gasteiger partial charge in [-0.3, -0.25) is 0 Å². The van der Waals surface area contributed by atoms with Crippen LogP contribution in [0.25, 0.3) is 0 Å². The van der Waals surface area contributed by atoms with Gasteiger partial charge >= 0.3 is 0 Å². The van der Waals surface area contributed by atoms with Crippen LogP contribution in [-0.2, 0) is 12.8 Å². The van der Waals surface area contributed by atoms with Gasteiger partial charge in [-0.1, -0.05) is 24.3 Å². The maximum absolute atomic E-state index is 6.41. The van der Waals surface area contributed by atoms with E-state index < -0.39 is 0 Å². The van der Waals surface area contributed by atoms with Crippen molar-refractivity contribution in [1.82, 2.24) is 0 Å². The second-order valence-corrected chi connectivity index (χ2v) is 4.63. The molecule has 1 saturated carbocycles. The molecule has 1 aromatic carbocycles. The molecule has 2 aliphatic carbocycles. The van der Waals surface area contributed by atoms with Crippen LogP contribution in [0.5, 0.6) is 0 Å². The largest absolute Gasteiger partial charge is 0.324 e. The lowest BCUT2D eigenvalue weighted by Crippen LogP contribution is -2.42. The van der Waals surface area contributed by atoms with Crippen LogP contribution in [0.4, 0.5) is 0 Å². The van der Waals surface area contributed by atoms with Gasteiger partial charge in [-0.2, -0.15) is 0 Å². The van der Waals surface area contributed by atoms with Crippen molar-refractivity contribution >= 4 is 0 Å². The first-order valence-corrected chi connectivity index (χ1v) is 5.14. The molecule has 68 valence electrons. The van der Waals surface area contributed by atoms with E-state index >= 15 is 0 Å². The summed E-state index contributed by atoms with van der Waals surface area (Å²) in [5, 5.41) is 0. The SMILES string of the molecule is NC1(C2CC2)Cc2ccccc2C1. The van der Waals surface area contributed by atoms with E-state index in [1.165, 1.54) is 24.0 Å². The van der Waals surface area contributed by atoms with Gasteiger partial charge in [-0.25, -0.2) is 0 Å². The van der Waals surface area contributed by atoms with Gasteiger partial charge < -0.3 is 5.73 Å². The molecule has 13 heavy (non-hydrogen) atoms. The summed E-state index contributed by atoms with van der Waals surface area (Å²) in [6.45, 7) is 0. The van der Waals surface area contributed by atoms with Gasteiger partial charge in [-0.15, -0.1) is 0 Å². The highest BCUT2D eigenvalue weighted by Gasteiger charge is 2.45. The number of rotatable bonds is 1. The molecular weight excluding hydrogens is 158 g/mol. The molecule has 2 N–H and O–H groups in total. The molecule has 0 aliphatic heterocycles. The minimum Gasteiger partial charge on any atom is -0.324 e. The number of hydrogen-bond acceptors (Lipinski definition) is 1. The van der Waals surface area contributed by atoms with Gasteiger partial charge in [0.2, 0.25) is 0 Å². The molecule has 0 atom stereocenters. The van der Waals surface area contributed by atoms with E-state index in [0.29, 0.717) is 0 Å². The zero-order valence-corrected chi connectivity index (χ0v) is 7.79. The molecule has 0 amide bonds. The topological polar surface area (TPSA) is 26.0 Å². The standard InChI is InChI=1S/C12H15N/c13-12(11-5-6-11)7-9-3-1-2-4-10(9)8-12/h1-4,11H,5-8,13H2. The molecule has 0 saturated heterocycles. The van der Waals surface area contributed by atoms with Crippen molar-refractivity contribution in [2.45, 2.75) is 31.2 Å². The lowest BCUT2D eigenvalue weighted by Gasteiger charge is -2.22. The Morgan fingerprint density at radius 1 is 1.08 bits per heavy atom. The Morgan fingerprint density at radius 2 is 1.62 bits per heavy atom. The molecule has 1 aromatic rings. The van der Waals surface area contributed by atoms with Gasteiger partial charge in [0.25, 0.3) is 0 Å². The second kappa shape index (κ2) is 2.36. The van der Waals surface area contributed by atoms with Gasteiger partial charge in [0, 0.05) is 5.54 Å². The predicted molar refractivity (Wildman–Crippen MR) is 53.5 cm³/mol. The Kier molecular flexibility index (Phi) is 1.37. The number of benzene rings is 1. The van der Waals surface area contributed by atoms with E-state index in [1.807, 2.05) is 0 Å². The summed E-state index contributed by atoms with van der Waals surface area (Å²) >= 11 is 0. The van der Waals surface area contributed by atoms with Crippen LogP contribution in [0.3, 0.4) is 0 Å². The third-order valence-electron chi connectivity index (χ3n) is 3.55. The first kappa shape index (κ1) is 7.57. The lowest BCUT2D eigenvalue weighted by molar-refractivity contribution is 0.391. The highest BCUT2D eigenvalue weighted by atomic mass is 14.8. The molecule has 0 heterocycles. The molecule has 1 heteroatoms. The van der Waals surface area contributed by atoms with E-state index in [4.69, 9.17) is 5.73 Å². The fourth-order valence-corrected chi connectivity index (χ4v) is 2.62. The maximum Gasteiger partial charge on any atom is 0.0264 e. The van der Waals surface area contributed by atoms with E-state index in [-0.39, 0.29) is 5.54 Å². The van der Waals surface area contributed by atoms with Crippen molar-refractivity contribution < 1.29 is 0 Å². The minimum atomic E-state index is 0.115. The Labute approximate surface area is 78.9 Å². The first-order chi connectivity index (χ1) is 6.28. The molecule has 2 aliphatic rings. The molecule has 0 unspecified atom stereocenters. The number of nitrogens with two attached hydrogens (primary N) is 1. The number of fused-ring (bicyclic) bond motifs is 1. The van der Waals surface area contributed by atoms with Gasteiger partial charge in [0.05, 0.1) is 0 Å². The zero-order valence-electron chi connectivity index (χ0n) is 7.79. The van der Waals surface area contributed by atoms with Gasteiger partial charge in [0.15, 0.2) is 0 Å². The van der Waals surface area contributed by atoms with Crippen LogP contribution < -0.4 is 5.73 Å². The van der Waals surface area contributed by atoms with Crippen LogP contribution in [-0.4, -0.2) is 5.54 Å². The van der Waals surface area contributed by atoms with Crippen LogP contribution >= 0.6 is 0 Å². The zero-order chi connectivity index (χ0) is 8.89. The average Bonchev–Trinajstić information content (AvgIpc) is 2.88. The minimum absolute atomic E-state index is 0.115. The van der Waals surface area contributed by atoms with Crippen molar-refractivity contribution in [3.63, 3.8) is 0 Å². The highest BCUT2D eigenvalue weighted by molar-refractivity contribution is 5.37. The van der Waals surface area contributed by atoms with Crippen molar-refractivity contribution in [2.24, 2.45) is 11.7 Å². The summed E-state index contributed by atoms with van der Waals surface area (Å²) in [4.78, 5) is 0. The van der Waals surface area contributed by atoms with Crippen LogP contribution in [0.15, 0.2) is 24.3 Å². The monoisotopic (exact) mass is 173 g/mol. The summed E-state index contributed by atoms with van der Waals surface area (Å²) < 4.78 is 0. The Bertz CT molecular complexity index is 314. The van der Waals surface area contributed by atoms with Crippen LogP contribution in [0.2, 0.25) is 0 Å².